The van der Waals surface area contributed by atoms with Gasteiger partial charge in [-0.1, -0.05) is 0 Å². The Morgan fingerprint density at radius 2 is 2.19 bits per heavy atom. The number of nitrogens with zero attached hydrogens (tertiary/aromatic N) is 2. The summed E-state index contributed by atoms with van der Waals surface area (Å²) in [6.45, 7) is 7.01. The first kappa shape index (κ1) is 12.9. The minimum absolute atomic E-state index is 0.0729. The Bertz CT molecular complexity index is 349. The van der Waals surface area contributed by atoms with Crippen molar-refractivity contribution in [2.45, 2.75) is 39.2 Å². The zero-order chi connectivity index (χ0) is 12.2. The Labute approximate surface area is 97.1 Å². The van der Waals surface area contributed by atoms with Crippen LogP contribution in [0.4, 0.5) is 0 Å². The molecule has 1 rings (SSSR count). The van der Waals surface area contributed by atoms with Gasteiger partial charge in [0.15, 0.2) is 0 Å². The first-order valence-electron chi connectivity index (χ1n) is 5.61. The first-order chi connectivity index (χ1) is 7.38. The third kappa shape index (κ3) is 4.57. The Hall–Kier alpha value is -1.16. The Morgan fingerprint density at radius 3 is 2.69 bits per heavy atom. The molecule has 0 amide bonds. The number of hydrogen-bond acceptors (Lipinski definition) is 3. The summed E-state index contributed by atoms with van der Waals surface area (Å²) in [6.07, 6.45) is 4.56. The third-order valence-corrected chi connectivity index (χ3v) is 2.34. The molecule has 0 bridgehead atoms. The molecule has 0 atom stereocenters. The van der Waals surface area contributed by atoms with Gasteiger partial charge in [0.1, 0.15) is 11.6 Å². The average molecular weight is 223 g/mol. The third-order valence-electron chi connectivity index (χ3n) is 2.34. The van der Waals surface area contributed by atoms with Crippen molar-refractivity contribution in [2.75, 3.05) is 6.54 Å². The van der Waals surface area contributed by atoms with Crippen molar-refractivity contribution in [3.05, 3.63) is 18.2 Å². The molecule has 90 valence electrons. The van der Waals surface area contributed by atoms with E-state index in [1.165, 1.54) is 0 Å². The lowest BCUT2D eigenvalue weighted by Crippen LogP contribution is -2.37. The molecule has 0 aliphatic heterocycles. The predicted octanol–water partition coefficient (Wildman–Crippen LogP) is 1.31. The highest BCUT2D eigenvalue weighted by Crippen LogP contribution is 2.01. The maximum atomic E-state index is 11.7. The standard InChI is InChI=1S/C12H21N3O/c1-12(2,3)14-6-5-10(16)9-11-13-7-8-15(11)4/h7-8,14H,5-6,9H2,1-4H3. The molecule has 0 saturated carbocycles. The minimum atomic E-state index is 0.0729. The van der Waals surface area contributed by atoms with Crippen LogP contribution in [0.1, 0.15) is 33.0 Å². The smallest absolute Gasteiger partial charge is 0.141 e. The van der Waals surface area contributed by atoms with Gasteiger partial charge >= 0.3 is 0 Å². The lowest BCUT2D eigenvalue weighted by Gasteiger charge is -2.20. The van der Waals surface area contributed by atoms with E-state index in [9.17, 15) is 4.79 Å². The highest BCUT2D eigenvalue weighted by molar-refractivity contribution is 5.80. The van der Waals surface area contributed by atoms with Gasteiger partial charge in [0, 0.05) is 37.9 Å². The Kier molecular flexibility index (Phi) is 4.24. The van der Waals surface area contributed by atoms with Crippen LogP contribution in [0.25, 0.3) is 0 Å². The molecule has 0 spiro atoms. The fraction of sp³-hybridized carbons (Fsp3) is 0.667. The second kappa shape index (κ2) is 5.25. The van der Waals surface area contributed by atoms with Gasteiger partial charge in [0.25, 0.3) is 0 Å². The van der Waals surface area contributed by atoms with Gasteiger partial charge in [-0.2, -0.15) is 0 Å². The van der Waals surface area contributed by atoms with Crippen molar-refractivity contribution in [1.82, 2.24) is 14.9 Å². The van der Waals surface area contributed by atoms with Crippen LogP contribution in [0.2, 0.25) is 0 Å². The minimum Gasteiger partial charge on any atom is -0.338 e. The van der Waals surface area contributed by atoms with E-state index >= 15 is 0 Å². The topological polar surface area (TPSA) is 46.9 Å². The van der Waals surface area contributed by atoms with E-state index in [1.807, 2.05) is 17.8 Å². The molecular formula is C12H21N3O. The number of aromatic nitrogens is 2. The second-order valence-electron chi connectivity index (χ2n) is 5.10. The normalized spacial score (nSPS) is 11.8. The van der Waals surface area contributed by atoms with Crippen molar-refractivity contribution in [1.29, 1.82) is 0 Å². The number of aryl methyl sites for hydroxylation is 1. The van der Waals surface area contributed by atoms with E-state index in [2.05, 4.69) is 31.1 Å². The van der Waals surface area contributed by atoms with Crippen LogP contribution in [0, 0.1) is 0 Å². The second-order valence-corrected chi connectivity index (χ2v) is 5.10. The van der Waals surface area contributed by atoms with Crippen LogP contribution in [-0.4, -0.2) is 27.4 Å². The van der Waals surface area contributed by atoms with Crippen molar-refractivity contribution in [3.8, 4) is 0 Å². The van der Waals surface area contributed by atoms with Gasteiger partial charge in [-0.15, -0.1) is 0 Å². The van der Waals surface area contributed by atoms with Gasteiger partial charge in [0.2, 0.25) is 0 Å². The molecule has 0 fully saturated rings. The van der Waals surface area contributed by atoms with Gasteiger partial charge in [-0.25, -0.2) is 4.98 Å². The quantitative estimate of drug-likeness (QED) is 0.818. The van der Waals surface area contributed by atoms with Crippen molar-refractivity contribution in [2.24, 2.45) is 7.05 Å². The molecule has 1 aromatic heterocycles. The molecule has 0 aromatic carbocycles. The zero-order valence-electron chi connectivity index (χ0n) is 10.6. The van der Waals surface area contributed by atoms with E-state index in [0.29, 0.717) is 12.8 Å². The van der Waals surface area contributed by atoms with Crippen LogP contribution >= 0.6 is 0 Å². The average Bonchev–Trinajstić information content (AvgIpc) is 2.49. The van der Waals surface area contributed by atoms with E-state index in [1.54, 1.807) is 6.20 Å². The molecule has 16 heavy (non-hydrogen) atoms. The summed E-state index contributed by atoms with van der Waals surface area (Å²) in [4.78, 5) is 15.8. The number of ketones is 1. The molecule has 4 nitrogen and oxygen atoms in total. The summed E-state index contributed by atoms with van der Waals surface area (Å²) in [5.74, 6) is 1.06. The highest BCUT2D eigenvalue weighted by atomic mass is 16.1. The molecular weight excluding hydrogens is 202 g/mol. The van der Waals surface area contributed by atoms with Crippen LogP contribution < -0.4 is 5.32 Å². The molecule has 0 aliphatic carbocycles. The fourth-order valence-corrected chi connectivity index (χ4v) is 1.41. The number of Topliss-reactive ketones (excluding diaryl/α,β-unsaturated/α-hetero) is 1. The van der Waals surface area contributed by atoms with Crippen LogP contribution in [0.5, 0.6) is 0 Å². The van der Waals surface area contributed by atoms with Crippen molar-refractivity contribution in [3.63, 3.8) is 0 Å². The van der Waals surface area contributed by atoms with E-state index in [0.717, 1.165) is 12.4 Å². The molecule has 0 saturated heterocycles. The molecule has 0 radical (unpaired) electrons. The monoisotopic (exact) mass is 223 g/mol. The van der Waals surface area contributed by atoms with E-state index in [4.69, 9.17) is 0 Å². The lowest BCUT2D eigenvalue weighted by molar-refractivity contribution is -0.118. The number of rotatable bonds is 5. The summed E-state index contributed by atoms with van der Waals surface area (Å²) in [5.41, 5.74) is 0.0729. The molecule has 1 N–H and O–H groups in total. The number of carbonyl (C=O) groups is 1. The summed E-state index contributed by atoms with van der Waals surface area (Å²) in [7, 11) is 1.91. The van der Waals surface area contributed by atoms with Gasteiger partial charge in [0.05, 0.1) is 6.42 Å². The number of hydrogen-bond donors (Lipinski definition) is 1. The maximum absolute atomic E-state index is 11.7. The van der Waals surface area contributed by atoms with E-state index < -0.39 is 0 Å². The Morgan fingerprint density at radius 1 is 1.50 bits per heavy atom. The number of imidazole rings is 1. The number of carbonyl (C=O) groups excluding carboxylic acids is 1. The molecule has 0 aliphatic rings. The zero-order valence-corrected chi connectivity index (χ0v) is 10.6. The number of nitrogens with one attached hydrogen (secondary N) is 1. The lowest BCUT2D eigenvalue weighted by atomic mass is 10.1. The van der Waals surface area contributed by atoms with Crippen LogP contribution in [-0.2, 0) is 18.3 Å². The largest absolute Gasteiger partial charge is 0.338 e. The summed E-state index contributed by atoms with van der Waals surface area (Å²) in [5, 5.41) is 3.30. The van der Waals surface area contributed by atoms with Crippen molar-refractivity contribution < 1.29 is 4.79 Å². The van der Waals surface area contributed by atoms with Gasteiger partial charge < -0.3 is 9.88 Å². The predicted molar refractivity (Wildman–Crippen MR) is 64.3 cm³/mol. The van der Waals surface area contributed by atoms with Gasteiger partial charge in [-0.3, -0.25) is 4.79 Å². The fourth-order valence-electron chi connectivity index (χ4n) is 1.41. The highest BCUT2D eigenvalue weighted by Gasteiger charge is 2.11. The molecule has 1 heterocycles. The first-order valence-corrected chi connectivity index (χ1v) is 5.61. The Balaban J connectivity index is 2.30. The molecule has 0 unspecified atom stereocenters. The molecule has 4 heteroatoms. The maximum Gasteiger partial charge on any atom is 0.141 e. The summed E-state index contributed by atoms with van der Waals surface area (Å²) >= 11 is 0. The van der Waals surface area contributed by atoms with E-state index in [-0.39, 0.29) is 11.3 Å². The van der Waals surface area contributed by atoms with Crippen LogP contribution in [0.3, 0.4) is 0 Å². The van der Waals surface area contributed by atoms with Crippen LogP contribution in [0.15, 0.2) is 12.4 Å². The summed E-state index contributed by atoms with van der Waals surface area (Å²) < 4.78 is 1.88. The summed E-state index contributed by atoms with van der Waals surface area (Å²) in [6, 6.07) is 0. The molecule has 1 aromatic rings. The SMILES string of the molecule is Cn1ccnc1CC(=O)CCNC(C)(C)C. The van der Waals surface area contributed by atoms with Gasteiger partial charge in [-0.05, 0) is 20.8 Å². The van der Waals surface area contributed by atoms with Crippen molar-refractivity contribution >= 4 is 5.78 Å².